The Morgan fingerprint density at radius 3 is 3.18 bits per heavy atom. The van der Waals surface area contributed by atoms with Crippen molar-refractivity contribution >= 4 is 0 Å². The fourth-order valence-corrected chi connectivity index (χ4v) is 0.753. The van der Waals surface area contributed by atoms with Gasteiger partial charge in [0.1, 0.15) is 12.2 Å². The molecule has 4 nitrogen and oxygen atoms in total. The van der Waals surface area contributed by atoms with Crippen molar-refractivity contribution < 1.29 is 0 Å². The number of hydrogen-bond donors (Lipinski definition) is 1. The number of nitrogens with zero attached hydrogens (tertiary/aromatic N) is 3. The first kappa shape index (κ1) is 7.94. The SMILES string of the molecule is C=CCNCc1nncn1C. The average Bonchev–Trinajstić information content (AvgIpc) is 2.37. The summed E-state index contributed by atoms with van der Waals surface area (Å²) in [7, 11) is 1.92. The highest BCUT2D eigenvalue weighted by Crippen LogP contribution is 1.88. The summed E-state index contributed by atoms with van der Waals surface area (Å²) < 4.78 is 1.89. The van der Waals surface area contributed by atoms with Crippen molar-refractivity contribution in [2.45, 2.75) is 6.54 Å². The Bertz CT molecular complexity index is 228. The van der Waals surface area contributed by atoms with Gasteiger partial charge in [-0.1, -0.05) is 6.08 Å². The summed E-state index contributed by atoms with van der Waals surface area (Å²) in [6.07, 6.45) is 3.50. The van der Waals surface area contributed by atoms with E-state index in [0.717, 1.165) is 18.9 Å². The van der Waals surface area contributed by atoms with Crippen LogP contribution in [0.1, 0.15) is 5.82 Å². The minimum absolute atomic E-state index is 0.739. The first-order chi connectivity index (χ1) is 5.34. The molecule has 1 aromatic rings. The van der Waals surface area contributed by atoms with Gasteiger partial charge in [0.2, 0.25) is 0 Å². The second kappa shape index (κ2) is 3.88. The van der Waals surface area contributed by atoms with E-state index in [0.29, 0.717) is 0 Å². The average molecular weight is 152 g/mol. The van der Waals surface area contributed by atoms with E-state index in [9.17, 15) is 0 Å². The van der Waals surface area contributed by atoms with Crippen molar-refractivity contribution in [2.24, 2.45) is 7.05 Å². The van der Waals surface area contributed by atoms with Crippen LogP contribution in [0.2, 0.25) is 0 Å². The molecule has 0 aliphatic carbocycles. The van der Waals surface area contributed by atoms with Crippen molar-refractivity contribution in [2.75, 3.05) is 6.54 Å². The van der Waals surface area contributed by atoms with Crippen molar-refractivity contribution in [1.29, 1.82) is 0 Å². The molecular weight excluding hydrogens is 140 g/mol. The fourth-order valence-electron chi connectivity index (χ4n) is 0.753. The lowest BCUT2D eigenvalue weighted by molar-refractivity contribution is 0.678. The van der Waals surface area contributed by atoms with E-state index in [2.05, 4.69) is 22.1 Å². The second-order valence-corrected chi connectivity index (χ2v) is 2.28. The molecule has 0 spiro atoms. The number of aromatic nitrogens is 3. The van der Waals surface area contributed by atoms with Gasteiger partial charge in [-0.2, -0.15) is 0 Å². The van der Waals surface area contributed by atoms with Crippen molar-refractivity contribution in [3.63, 3.8) is 0 Å². The lowest BCUT2D eigenvalue weighted by atomic mass is 10.5. The van der Waals surface area contributed by atoms with Gasteiger partial charge in [-0.3, -0.25) is 0 Å². The summed E-state index contributed by atoms with van der Waals surface area (Å²) in [6.45, 7) is 5.13. The summed E-state index contributed by atoms with van der Waals surface area (Å²) >= 11 is 0. The van der Waals surface area contributed by atoms with Crippen LogP contribution in [0.5, 0.6) is 0 Å². The molecule has 0 amide bonds. The Hall–Kier alpha value is -1.16. The largest absolute Gasteiger partial charge is 0.320 e. The van der Waals surface area contributed by atoms with E-state index in [-0.39, 0.29) is 0 Å². The number of hydrogen-bond acceptors (Lipinski definition) is 3. The van der Waals surface area contributed by atoms with Crippen LogP contribution >= 0.6 is 0 Å². The molecule has 0 fully saturated rings. The second-order valence-electron chi connectivity index (χ2n) is 2.28. The van der Waals surface area contributed by atoms with Crippen LogP contribution < -0.4 is 5.32 Å². The van der Waals surface area contributed by atoms with E-state index < -0.39 is 0 Å². The third kappa shape index (κ3) is 2.16. The minimum Gasteiger partial charge on any atom is -0.320 e. The number of rotatable bonds is 4. The molecular formula is C7H12N4. The van der Waals surface area contributed by atoms with Crippen molar-refractivity contribution in [1.82, 2.24) is 20.1 Å². The maximum atomic E-state index is 3.90. The Morgan fingerprint density at radius 1 is 1.82 bits per heavy atom. The minimum atomic E-state index is 0.739. The van der Waals surface area contributed by atoms with Crippen LogP contribution in [-0.2, 0) is 13.6 Å². The van der Waals surface area contributed by atoms with Gasteiger partial charge >= 0.3 is 0 Å². The summed E-state index contributed by atoms with van der Waals surface area (Å²) in [5, 5.41) is 10.8. The molecule has 0 bridgehead atoms. The zero-order chi connectivity index (χ0) is 8.10. The summed E-state index contributed by atoms with van der Waals surface area (Å²) in [6, 6.07) is 0. The molecule has 0 atom stereocenters. The van der Waals surface area contributed by atoms with E-state index in [4.69, 9.17) is 0 Å². The molecule has 60 valence electrons. The Balaban J connectivity index is 2.38. The zero-order valence-electron chi connectivity index (χ0n) is 6.62. The highest BCUT2D eigenvalue weighted by molar-refractivity contribution is 4.84. The maximum absolute atomic E-state index is 3.90. The van der Waals surface area contributed by atoms with E-state index in [1.807, 2.05) is 17.7 Å². The lowest BCUT2D eigenvalue weighted by Crippen LogP contribution is -2.15. The van der Waals surface area contributed by atoms with Crippen LogP contribution in [0.25, 0.3) is 0 Å². The summed E-state index contributed by atoms with van der Waals surface area (Å²) in [4.78, 5) is 0. The van der Waals surface area contributed by atoms with Crippen LogP contribution in [0, 0.1) is 0 Å². The van der Waals surface area contributed by atoms with Crippen LogP contribution in [0.3, 0.4) is 0 Å². The van der Waals surface area contributed by atoms with Crippen LogP contribution in [0.4, 0.5) is 0 Å². The van der Waals surface area contributed by atoms with Gasteiger partial charge in [0.25, 0.3) is 0 Å². The molecule has 4 heteroatoms. The predicted octanol–water partition coefficient (Wildman–Crippen LogP) is 0.0907. The monoisotopic (exact) mass is 152 g/mol. The molecule has 0 unspecified atom stereocenters. The maximum Gasteiger partial charge on any atom is 0.146 e. The molecule has 0 saturated carbocycles. The number of aryl methyl sites for hydroxylation is 1. The van der Waals surface area contributed by atoms with Gasteiger partial charge in [-0.05, 0) is 0 Å². The molecule has 0 aliphatic heterocycles. The van der Waals surface area contributed by atoms with Gasteiger partial charge in [0.05, 0.1) is 6.54 Å². The van der Waals surface area contributed by atoms with E-state index in [1.165, 1.54) is 0 Å². The topological polar surface area (TPSA) is 42.7 Å². The Labute approximate surface area is 65.9 Å². The molecule has 0 aromatic carbocycles. The first-order valence-corrected chi connectivity index (χ1v) is 3.49. The molecule has 0 radical (unpaired) electrons. The van der Waals surface area contributed by atoms with Gasteiger partial charge in [0.15, 0.2) is 0 Å². The smallest absolute Gasteiger partial charge is 0.146 e. The van der Waals surface area contributed by atoms with Gasteiger partial charge in [0, 0.05) is 13.6 Å². The summed E-state index contributed by atoms with van der Waals surface area (Å²) in [5.41, 5.74) is 0. The molecule has 1 heterocycles. The quantitative estimate of drug-likeness (QED) is 0.491. The molecule has 1 N–H and O–H groups in total. The van der Waals surface area contributed by atoms with Crippen molar-refractivity contribution in [3.05, 3.63) is 24.8 Å². The fraction of sp³-hybridized carbons (Fsp3) is 0.429. The molecule has 1 rings (SSSR count). The Kier molecular flexibility index (Phi) is 2.80. The van der Waals surface area contributed by atoms with Crippen LogP contribution in [0.15, 0.2) is 19.0 Å². The zero-order valence-corrected chi connectivity index (χ0v) is 6.62. The van der Waals surface area contributed by atoms with E-state index in [1.54, 1.807) is 6.33 Å². The van der Waals surface area contributed by atoms with Gasteiger partial charge in [-0.15, -0.1) is 16.8 Å². The molecule has 1 aromatic heterocycles. The summed E-state index contributed by atoms with van der Waals surface area (Å²) in [5.74, 6) is 0.937. The van der Waals surface area contributed by atoms with Crippen molar-refractivity contribution in [3.8, 4) is 0 Å². The predicted molar refractivity (Wildman–Crippen MR) is 42.9 cm³/mol. The molecule has 0 aliphatic rings. The Morgan fingerprint density at radius 2 is 2.64 bits per heavy atom. The van der Waals surface area contributed by atoms with Gasteiger partial charge in [-0.25, -0.2) is 0 Å². The van der Waals surface area contributed by atoms with Crippen LogP contribution in [-0.4, -0.2) is 21.3 Å². The third-order valence-corrected chi connectivity index (χ3v) is 1.38. The highest BCUT2D eigenvalue weighted by Gasteiger charge is 1.96. The molecule has 11 heavy (non-hydrogen) atoms. The van der Waals surface area contributed by atoms with Gasteiger partial charge < -0.3 is 9.88 Å². The molecule has 0 saturated heterocycles. The lowest BCUT2D eigenvalue weighted by Gasteiger charge is -1.99. The van der Waals surface area contributed by atoms with E-state index >= 15 is 0 Å². The number of nitrogens with one attached hydrogen (secondary N) is 1. The highest BCUT2D eigenvalue weighted by atomic mass is 15.3. The standard InChI is InChI=1S/C7H12N4/c1-3-4-8-5-7-10-9-6-11(7)2/h3,6,8H,1,4-5H2,2H3. The normalized spacial score (nSPS) is 9.91. The first-order valence-electron chi connectivity index (χ1n) is 3.49. The third-order valence-electron chi connectivity index (χ3n) is 1.38.